The quantitative estimate of drug-likeness (QED) is 0.106. The minimum Gasteiger partial charge on any atom is -0.491 e. The number of aliphatic carboxylic acids is 1. The van der Waals surface area contributed by atoms with Crippen molar-refractivity contribution in [2.45, 2.75) is 58.3 Å². The van der Waals surface area contributed by atoms with Gasteiger partial charge in [-0.05, 0) is 30.5 Å². The van der Waals surface area contributed by atoms with Gasteiger partial charge in [0.15, 0.2) is 0 Å². The van der Waals surface area contributed by atoms with E-state index in [1.807, 2.05) is 12.1 Å². The van der Waals surface area contributed by atoms with E-state index in [1.165, 1.54) is 50.5 Å². The molecule has 0 aliphatic rings. The zero-order valence-electron chi connectivity index (χ0n) is 27.0. The molecule has 0 radical (unpaired) electrons. The number of benzene rings is 1. The summed E-state index contributed by atoms with van der Waals surface area (Å²) in [5.41, 5.74) is 1.38. The van der Waals surface area contributed by atoms with Crippen LogP contribution in [0.2, 0.25) is 0 Å². The molecule has 1 N–H and O–H groups in total. The molecule has 0 amide bonds. The molecule has 0 spiro atoms. The summed E-state index contributed by atoms with van der Waals surface area (Å²) in [5.74, 6) is -0.111. The van der Waals surface area contributed by atoms with Crippen LogP contribution in [-0.4, -0.2) is 123 Å². The Balaban J connectivity index is 1.73. The summed E-state index contributed by atoms with van der Waals surface area (Å²) in [6.07, 6.45) is 10.5. The number of hydrogen-bond donors (Lipinski definition) is 1. The molecule has 0 heterocycles. The van der Waals surface area contributed by atoms with Crippen molar-refractivity contribution in [3.8, 4) is 5.75 Å². The van der Waals surface area contributed by atoms with E-state index in [9.17, 15) is 4.79 Å². The minimum absolute atomic E-state index is 0.246. The predicted molar refractivity (Wildman–Crippen MR) is 168 cm³/mol. The molecule has 0 bridgehead atoms. The lowest BCUT2D eigenvalue weighted by Crippen LogP contribution is -2.15. The number of carboxylic acids is 1. The van der Waals surface area contributed by atoms with E-state index in [4.69, 9.17) is 47.7 Å². The van der Waals surface area contributed by atoms with Crippen molar-refractivity contribution in [2.24, 2.45) is 0 Å². The Bertz CT molecular complexity index is 733. The molecule has 256 valence electrons. The maximum Gasteiger partial charge on any atom is 0.329 e. The SMILES string of the molecule is CCCCCCCCCc1ccc(OCCOCCOCCOCCOCCOCCOCCOCCOCC(=O)O)cc1. The standard InChI is InChI=1S/C33H58O11/c1-2-3-4-5-6-7-8-9-31-10-12-32(13-11-31)44-29-28-42-25-24-40-21-20-38-17-16-36-14-15-37-18-19-39-22-23-41-26-27-43-30-33(34)35/h10-13H,2-9,14-30H2,1H3,(H,34,35). The largest absolute Gasteiger partial charge is 0.491 e. The number of carbonyl (C=O) groups is 1. The zero-order valence-corrected chi connectivity index (χ0v) is 27.0. The van der Waals surface area contributed by atoms with E-state index < -0.39 is 5.97 Å². The van der Waals surface area contributed by atoms with Crippen molar-refractivity contribution in [1.29, 1.82) is 0 Å². The summed E-state index contributed by atoms with van der Waals surface area (Å²) >= 11 is 0. The molecule has 11 heteroatoms. The molecule has 0 aromatic heterocycles. The van der Waals surface area contributed by atoms with Crippen molar-refractivity contribution in [3.63, 3.8) is 0 Å². The molecule has 1 aromatic carbocycles. The number of unbranched alkanes of at least 4 members (excludes halogenated alkanes) is 6. The highest BCUT2D eigenvalue weighted by molar-refractivity contribution is 5.67. The Kier molecular flexibility index (Phi) is 29.7. The van der Waals surface area contributed by atoms with Gasteiger partial charge in [-0.2, -0.15) is 0 Å². The van der Waals surface area contributed by atoms with Crippen LogP contribution in [0.15, 0.2) is 24.3 Å². The van der Waals surface area contributed by atoms with E-state index >= 15 is 0 Å². The summed E-state index contributed by atoms with van der Waals surface area (Å²) in [5, 5.41) is 8.43. The second-order valence-corrected chi connectivity index (χ2v) is 10.1. The lowest BCUT2D eigenvalue weighted by Gasteiger charge is -2.09. The Morgan fingerprint density at radius 1 is 0.500 bits per heavy atom. The van der Waals surface area contributed by atoms with Crippen LogP contribution < -0.4 is 4.74 Å². The Morgan fingerprint density at radius 3 is 1.27 bits per heavy atom. The predicted octanol–water partition coefficient (Wildman–Crippen LogP) is 4.58. The second-order valence-electron chi connectivity index (χ2n) is 10.1. The monoisotopic (exact) mass is 630 g/mol. The maximum atomic E-state index is 10.3. The number of carboxylic acid groups (broad SMARTS) is 1. The average Bonchev–Trinajstić information content (AvgIpc) is 3.02. The molecule has 0 saturated carbocycles. The fourth-order valence-electron chi connectivity index (χ4n) is 3.96. The van der Waals surface area contributed by atoms with Crippen LogP contribution in [0.1, 0.15) is 57.4 Å². The van der Waals surface area contributed by atoms with Gasteiger partial charge in [0.1, 0.15) is 19.0 Å². The van der Waals surface area contributed by atoms with Gasteiger partial charge in [0.05, 0.1) is 99.1 Å². The van der Waals surface area contributed by atoms with E-state index in [-0.39, 0.29) is 13.2 Å². The van der Waals surface area contributed by atoms with Gasteiger partial charge in [-0.15, -0.1) is 0 Å². The van der Waals surface area contributed by atoms with E-state index in [0.29, 0.717) is 99.1 Å². The van der Waals surface area contributed by atoms with Crippen LogP contribution in [0.5, 0.6) is 5.75 Å². The highest BCUT2D eigenvalue weighted by atomic mass is 16.6. The van der Waals surface area contributed by atoms with E-state index in [1.54, 1.807) is 0 Å². The third-order valence-corrected chi connectivity index (χ3v) is 6.32. The number of ether oxygens (including phenoxy) is 9. The highest BCUT2D eigenvalue weighted by Gasteiger charge is 1.99. The molecular formula is C33H58O11. The van der Waals surface area contributed by atoms with E-state index in [0.717, 1.165) is 12.2 Å². The Hall–Kier alpha value is -1.83. The Morgan fingerprint density at radius 2 is 0.864 bits per heavy atom. The lowest BCUT2D eigenvalue weighted by molar-refractivity contribution is -0.142. The van der Waals surface area contributed by atoms with Crippen LogP contribution in [0.25, 0.3) is 0 Å². The van der Waals surface area contributed by atoms with Crippen LogP contribution in [0.3, 0.4) is 0 Å². The van der Waals surface area contributed by atoms with Gasteiger partial charge in [0, 0.05) is 0 Å². The van der Waals surface area contributed by atoms with Crippen LogP contribution in [0.4, 0.5) is 0 Å². The van der Waals surface area contributed by atoms with Crippen molar-refractivity contribution in [1.82, 2.24) is 0 Å². The van der Waals surface area contributed by atoms with Gasteiger partial charge >= 0.3 is 5.97 Å². The molecule has 1 rings (SSSR count). The summed E-state index contributed by atoms with van der Waals surface area (Å²) in [4.78, 5) is 10.3. The molecular weight excluding hydrogens is 572 g/mol. The number of rotatable bonds is 35. The van der Waals surface area contributed by atoms with Gasteiger partial charge in [-0.25, -0.2) is 4.79 Å². The third kappa shape index (κ3) is 28.9. The van der Waals surface area contributed by atoms with Crippen molar-refractivity contribution < 1.29 is 52.5 Å². The summed E-state index contributed by atoms with van der Waals surface area (Å²) in [6, 6.07) is 8.42. The maximum absolute atomic E-state index is 10.3. The molecule has 0 saturated heterocycles. The first-order valence-corrected chi connectivity index (χ1v) is 16.3. The topological polar surface area (TPSA) is 120 Å². The first-order chi connectivity index (χ1) is 21.7. The number of hydrogen-bond acceptors (Lipinski definition) is 10. The lowest BCUT2D eigenvalue weighted by atomic mass is 10.0. The van der Waals surface area contributed by atoms with Crippen LogP contribution >= 0.6 is 0 Å². The summed E-state index contributed by atoms with van der Waals surface area (Å²) in [7, 11) is 0. The summed E-state index contributed by atoms with van der Waals surface area (Å²) in [6.45, 7) is 9.41. The molecule has 0 atom stereocenters. The minimum atomic E-state index is -0.991. The molecule has 1 aromatic rings. The van der Waals surface area contributed by atoms with Gasteiger partial charge in [-0.1, -0.05) is 57.6 Å². The first-order valence-electron chi connectivity index (χ1n) is 16.3. The van der Waals surface area contributed by atoms with Crippen molar-refractivity contribution in [2.75, 3.05) is 112 Å². The second kappa shape index (κ2) is 32.6. The van der Waals surface area contributed by atoms with Crippen LogP contribution in [0, 0.1) is 0 Å². The normalized spacial score (nSPS) is 11.3. The van der Waals surface area contributed by atoms with E-state index in [2.05, 4.69) is 19.1 Å². The molecule has 0 fully saturated rings. The fourth-order valence-corrected chi connectivity index (χ4v) is 3.96. The van der Waals surface area contributed by atoms with Crippen LogP contribution in [-0.2, 0) is 49.1 Å². The first kappa shape index (κ1) is 40.2. The van der Waals surface area contributed by atoms with Crippen molar-refractivity contribution in [3.05, 3.63) is 29.8 Å². The highest BCUT2D eigenvalue weighted by Crippen LogP contribution is 2.15. The van der Waals surface area contributed by atoms with Gasteiger partial charge < -0.3 is 47.7 Å². The molecule has 44 heavy (non-hydrogen) atoms. The third-order valence-electron chi connectivity index (χ3n) is 6.32. The van der Waals surface area contributed by atoms with Gasteiger partial charge in [-0.3, -0.25) is 0 Å². The number of aryl methyl sites for hydroxylation is 1. The molecule has 11 nitrogen and oxygen atoms in total. The smallest absolute Gasteiger partial charge is 0.329 e. The van der Waals surface area contributed by atoms with Gasteiger partial charge in [0.25, 0.3) is 0 Å². The average molecular weight is 631 g/mol. The molecule has 0 aliphatic carbocycles. The Labute approximate surface area is 264 Å². The molecule has 0 aliphatic heterocycles. The fraction of sp³-hybridized carbons (Fsp3) is 0.788. The van der Waals surface area contributed by atoms with Gasteiger partial charge in [0.2, 0.25) is 0 Å². The van der Waals surface area contributed by atoms with Crippen molar-refractivity contribution >= 4 is 5.97 Å². The summed E-state index contributed by atoms with van der Waals surface area (Å²) < 4.78 is 48.7. The molecule has 0 unspecified atom stereocenters. The zero-order chi connectivity index (χ0) is 31.6.